The number of nitrogens with zero attached hydrogens (tertiary/aromatic N) is 5. The fraction of sp³-hybridized carbons (Fsp3) is 0.517. The molecular weight excluding hydrogens is 434 g/mol. The molecule has 0 bridgehead atoms. The Morgan fingerprint density at radius 1 is 1.29 bits per heavy atom. The van der Waals surface area contributed by atoms with E-state index in [2.05, 4.69) is 42.8 Å². The number of fused-ring (bicyclic) bond motifs is 3. The number of aromatic nitrogens is 3. The quantitative estimate of drug-likeness (QED) is 0.597. The van der Waals surface area contributed by atoms with Crippen LogP contribution in [0.1, 0.15) is 75.9 Å². The Labute approximate surface area is 208 Å². The number of aliphatic hydroxyl groups excluding tert-OH is 1. The molecule has 1 fully saturated rings. The summed E-state index contributed by atoms with van der Waals surface area (Å²) in [5.74, 6) is 2.25. The summed E-state index contributed by atoms with van der Waals surface area (Å²) in [7, 11) is 0. The van der Waals surface area contributed by atoms with Gasteiger partial charge in [0.2, 0.25) is 0 Å². The standard InChI is InChI=1S/C29H35N5O/c1-5-9-20-21(12-13-31-24(20)6-2)27-32-26-22(28(33-27)34-14-7-8-15-34)10-11-23-18(3)25(35)19(17-30)16-29(23,26)4/h5,9,12-13,18,23,35H,6-8,10-11,14-16H2,1-4H3/b9-5-/t18-,23-,29-/m1/s1. The molecule has 3 aliphatic rings. The molecule has 3 atom stereocenters. The number of aryl methyl sites for hydroxylation is 1. The molecule has 3 heterocycles. The Balaban J connectivity index is 1.77. The topological polar surface area (TPSA) is 85.9 Å². The van der Waals surface area contributed by atoms with Crippen molar-refractivity contribution in [2.75, 3.05) is 18.0 Å². The van der Waals surface area contributed by atoms with Crippen LogP contribution in [0.15, 0.2) is 29.7 Å². The van der Waals surface area contributed by atoms with E-state index in [4.69, 9.17) is 9.97 Å². The van der Waals surface area contributed by atoms with Crippen LogP contribution < -0.4 is 4.90 Å². The molecule has 2 aromatic heterocycles. The van der Waals surface area contributed by atoms with Crippen LogP contribution in [0, 0.1) is 23.2 Å². The maximum absolute atomic E-state index is 10.8. The fourth-order valence-corrected chi connectivity index (χ4v) is 6.66. The van der Waals surface area contributed by atoms with Crippen LogP contribution in [-0.2, 0) is 18.3 Å². The van der Waals surface area contributed by atoms with Crippen molar-refractivity contribution < 1.29 is 5.11 Å². The molecule has 0 radical (unpaired) electrons. The lowest BCUT2D eigenvalue weighted by Crippen LogP contribution is -2.45. The first-order valence-corrected chi connectivity index (χ1v) is 13.0. The molecule has 6 heteroatoms. The molecule has 5 rings (SSSR count). The highest BCUT2D eigenvalue weighted by Gasteiger charge is 2.50. The smallest absolute Gasteiger partial charge is 0.162 e. The van der Waals surface area contributed by atoms with Crippen molar-refractivity contribution in [3.05, 3.63) is 52.2 Å². The molecule has 2 aromatic rings. The van der Waals surface area contributed by atoms with Crippen LogP contribution in [0.2, 0.25) is 0 Å². The SMILES string of the molecule is C/C=C\c1c(-c2nc(N3CCCC3)c3c(n2)[C@]2(C)CC(C#N)=C(O)[C@H](C)[C@H]2CC3)ccnc1CC. The second-order valence-electron chi connectivity index (χ2n) is 10.5. The van der Waals surface area contributed by atoms with Gasteiger partial charge in [0.25, 0.3) is 0 Å². The van der Waals surface area contributed by atoms with E-state index >= 15 is 0 Å². The maximum Gasteiger partial charge on any atom is 0.162 e. The zero-order valence-corrected chi connectivity index (χ0v) is 21.3. The Morgan fingerprint density at radius 3 is 2.74 bits per heavy atom. The number of hydrogen-bond acceptors (Lipinski definition) is 6. The first-order valence-electron chi connectivity index (χ1n) is 13.0. The van der Waals surface area contributed by atoms with Gasteiger partial charge in [0.05, 0.1) is 17.3 Å². The van der Waals surface area contributed by atoms with Crippen molar-refractivity contribution in [2.45, 2.75) is 71.6 Å². The van der Waals surface area contributed by atoms with E-state index in [1.54, 1.807) is 0 Å². The average Bonchev–Trinajstić information content (AvgIpc) is 3.41. The molecule has 1 saturated heterocycles. The Hall–Kier alpha value is -3.20. The molecule has 0 amide bonds. The third-order valence-electron chi connectivity index (χ3n) is 8.46. The van der Waals surface area contributed by atoms with Crippen molar-refractivity contribution in [3.8, 4) is 17.5 Å². The molecule has 0 spiro atoms. The number of nitriles is 1. The molecule has 6 nitrogen and oxygen atoms in total. The molecular formula is C29H35N5O. The van der Waals surface area contributed by atoms with Gasteiger partial charge in [0, 0.05) is 53.0 Å². The lowest BCUT2D eigenvalue weighted by Gasteiger charge is -2.48. The highest BCUT2D eigenvalue weighted by Crippen LogP contribution is 2.54. The third-order valence-corrected chi connectivity index (χ3v) is 8.46. The van der Waals surface area contributed by atoms with Crippen LogP contribution in [0.25, 0.3) is 17.5 Å². The van der Waals surface area contributed by atoms with Crippen molar-refractivity contribution in [3.63, 3.8) is 0 Å². The summed E-state index contributed by atoms with van der Waals surface area (Å²) in [4.78, 5) is 17.6. The number of aliphatic hydroxyl groups is 1. The lowest BCUT2D eigenvalue weighted by atomic mass is 9.56. The van der Waals surface area contributed by atoms with Gasteiger partial charge in [-0.05, 0) is 57.4 Å². The fourth-order valence-electron chi connectivity index (χ4n) is 6.66. The van der Waals surface area contributed by atoms with Gasteiger partial charge in [-0.2, -0.15) is 5.26 Å². The molecule has 182 valence electrons. The van der Waals surface area contributed by atoms with Crippen LogP contribution in [0.4, 0.5) is 5.82 Å². The Bertz CT molecular complexity index is 1250. The number of anilines is 1. The Kier molecular flexibility index (Phi) is 6.13. The minimum absolute atomic E-state index is 0.0589. The van der Waals surface area contributed by atoms with Gasteiger partial charge in [-0.1, -0.05) is 32.9 Å². The first-order chi connectivity index (χ1) is 16.9. The molecule has 2 aliphatic carbocycles. The van der Waals surface area contributed by atoms with Gasteiger partial charge >= 0.3 is 0 Å². The number of rotatable bonds is 4. The van der Waals surface area contributed by atoms with Gasteiger partial charge in [-0.25, -0.2) is 9.97 Å². The molecule has 1 N–H and O–H groups in total. The van der Waals surface area contributed by atoms with E-state index in [-0.39, 0.29) is 23.0 Å². The van der Waals surface area contributed by atoms with Crippen molar-refractivity contribution in [1.82, 2.24) is 15.0 Å². The van der Waals surface area contributed by atoms with Gasteiger partial charge in [-0.15, -0.1) is 0 Å². The minimum atomic E-state index is -0.322. The summed E-state index contributed by atoms with van der Waals surface area (Å²) in [5, 5.41) is 20.6. The molecule has 0 aromatic carbocycles. The Morgan fingerprint density at radius 2 is 2.06 bits per heavy atom. The van der Waals surface area contributed by atoms with Gasteiger partial charge < -0.3 is 10.0 Å². The first kappa shape index (κ1) is 23.5. The van der Waals surface area contributed by atoms with E-state index < -0.39 is 0 Å². The predicted molar refractivity (Wildman–Crippen MR) is 139 cm³/mol. The van der Waals surface area contributed by atoms with Crippen molar-refractivity contribution in [2.24, 2.45) is 11.8 Å². The molecule has 0 saturated carbocycles. The van der Waals surface area contributed by atoms with Crippen LogP contribution >= 0.6 is 0 Å². The van der Waals surface area contributed by atoms with Gasteiger partial charge in [0.15, 0.2) is 5.82 Å². The maximum atomic E-state index is 10.8. The van der Waals surface area contributed by atoms with Gasteiger partial charge in [-0.3, -0.25) is 4.98 Å². The summed E-state index contributed by atoms with van der Waals surface area (Å²) in [6.45, 7) is 10.5. The monoisotopic (exact) mass is 469 g/mol. The lowest BCUT2D eigenvalue weighted by molar-refractivity contribution is 0.136. The summed E-state index contributed by atoms with van der Waals surface area (Å²) < 4.78 is 0. The second kappa shape index (κ2) is 9.11. The normalized spacial score (nSPS) is 26.1. The summed E-state index contributed by atoms with van der Waals surface area (Å²) in [5.41, 5.74) is 5.60. The molecule has 35 heavy (non-hydrogen) atoms. The number of allylic oxidation sites excluding steroid dienone is 3. The minimum Gasteiger partial charge on any atom is -0.511 e. The second-order valence-corrected chi connectivity index (χ2v) is 10.5. The average molecular weight is 470 g/mol. The van der Waals surface area contributed by atoms with E-state index in [0.29, 0.717) is 12.0 Å². The molecule has 1 aliphatic heterocycles. The van der Waals surface area contributed by atoms with Crippen LogP contribution in [-0.4, -0.2) is 33.1 Å². The molecule has 0 unspecified atom stereocenters. The summed E-state index contributed by atoms with van der Waals surface area (Å²) in [6, 6.07) is 4.32. The van der Waals surface area contributed by atoms with E-state index in [9.17, 15) is 10.4 Å². The van der Waals surface area contributed by atoms with Crippen LogP contribution in [0.3, 0.4) is 0 Å². The van der Waals surface area contributed by atoms with Crippen LogP contribution in [0.5, 0.6) is 0 Å². The summed E-state index contributed by atoms with van der Waals surface area (Å²) in [6.07, 6.45) is 11.6. The largest absolute Gasteiger partial charge is 0.511 e. The van der Waals surface area contributed by atoms with E-state index in [1.807, 2.05) is 25.3 Å². The highest BCUT2D eigenvalue weighted by atomic mass is 16.3. The predicted octanol–water partition coefficient (Wildman–Crippen LogP) is 5.93. The number of hydrogen-bond donors (Lipinski definition) is 1. The summed E-state index contributed by atoms with van der Waals surface area (Å²) >= 11 is 0. The van der Waals surface area contributed by atoms with E-state index in [1.165, 1.54) is 18.4 Å². The van der Waals surface area contributed by atoms with Crippen molar-refractivity contribution >= 4 is 11.9 Å². The third kappa shape index (κ3) is 3.73. The van der Waals surface area contributed by atoms with Gasteiger partial charge in [0.1, 0.15) is 11.6 Å². The van der Waals surface area contributed by atoms with Crippen molar-refractivity contribution in [1.29, 1.82) is 5.26 Å². The zero-order chi connectivity index (χ0) is 24.7. The highest BCUT2D eigenvalue weighted by molar-refractivity contribution is 5.74. The zero-order valence-electron chi connectivity index (χ0n) is 21.3. The number of pyridine rings is 1. The van der Waals surface area contributed by atoms with E-state index in [0.717, 1.165) is 66.5 Å².